The minimum absolute atomic E-state index is 0.210. The molecule has 2 aromatic heterocycles. The molecule has 0 N–H and O–H groups in total. The zero-order valence-electron chi connectivity index (χ0n) is 16.6. The first-order valence-corrected chi connectivity index (χ1v) is 10.0. The van der Waals surface area contributed by atoms with Crippen molar-refractivity contribution in [3.63, 3.8) is 0 Å². The van der Waals surface area contributed by atoms with E-state index in [1.807, 2.05) is 18.2 Å². The zero-order valence-corrected chi connectivity index (χ0v) is 17.4. The summed E-state index contributed by atoms with van der Waals surface area (Å²) in [6.07, 6.45) is 2.96. The van der Waals surface area contributed by atoms with Crippen LogP contribution in [-0.2, 0) is 20.0 Å². The number of thiophene rings is 1. The summed E-state index contributed by atoms with van der Waals surface area (Å²) in [4.78, 5) is 27.0. The maximum atomic E-state index is 12.6. The molecule has 27 heavy (non-hydrogen) atoms. The first kappa shape index (κ1) is 19.4. The van der Waals surface area contributed by atoms with E-state index < -0.39 is 0 Å². The smallest absolute Gasteiger partial charge is 0.284 e. The molecule has 142 valence electrons. The first-order valence-electron chi connectivity index (χ1n) is 9.23. The van der Waals surface area contributed by atoms with Gasteiger partial charge in [0.2, 0.25) is 0 Å². The second-order valence-corrected chi connectivity index (χ2v) is 8.72. The fourth-order valence-electron chi connectivity index (χ4n) is 3.27. The summed E-state index contributed by atoms with van der Waals surface area (Å²) in [7, 11) is 1.56. The molecule has 0 saturated carbocycles. The van der Waals surface area contributed by atoms with Gasteiger partial charge in [-0.05, 0) is 37.0 Å². The Kier molecular flexibility index (Phi) is 5.51. The highest BCUT2D eigenvalue weighted by atomic mass is 32.1. The van der Waals surface area contributed by atoms with Gasteiger partial charge in [-0.25, -0.2) is 4.79 Å². The predicted octanol–water partition coefficient (Wildman–Crippen LogP) is 4.37. The molecule has 0 saturated heterocycles. The van der Waals surface area contributed by atoms with Crippen LogP contribution in [0.15, 0.2) is 45.5 Å². The van der Waals surface area contributed by atoms with E-state index in [2.05, 4.69) is 45.9 Å². The Hall–Kier alpha value is -2.40. The Morgan fingerprint density at radius 2 is 1.93 bits per heavy atom. The van der Waals surface area contributed by atoms with Gasteiger partial charge in [-0.15, -0.1) is 11.3 Å². The van der Waals surface area contributed by atoms with E-state index in [1.54, 1.807) is 23.0 Å². The van der Waals surface area contributed by atoms with Crippen LogP contribution in [0.5, 0.6) is 0 Å². The lowest BCUT2D eigenvalue weighted by Gasteiger charge is -2.11. The second kappa shape index (κ2) is 7.69. The molecule has 0 bridgehead atoms. The number of hydrogen-bond donors (Lipinski definition) is 0. The molecule has 0 aliphatic carbocycles. The van der Waals surface area contributed by atoms with Crippen molar-refractivity contribution in [1.82, 2.24) is 9.13 Å². The Labute approximate surface area is 163 Å². The lowest BCUT2D eigenvalue weighted by molar-refractivity contribution is 0.504. The van der Waals surface area contributed by atoms with Crippen molar-refractivity contribution in [2.24, 2.45) is 13.0 Å². The normalized spacial score (nSPS) is 12.3. The van der Waals surface area contributed by atoms with Gasteiger partial charge < -0.3 is 0 Å². The van der Waals surface area contributed by atoms with E-state index >= 15 is 0 Å². The lowest BCUT2D eigenvalue weighted by atomic mass is 10.0. The van der Waals surface area contributed by atoms with Crippen molar-refractivity contribution in [1.29, 1.82) is 0 Å². The summed E-state index contributed by atoms with van der Waals surface area (Å²) < 4.78 is 2.97. The van der Waals surface area contributed by atoms with Crippen molar-refractivity contribution in [2.75, 3.05) is 0 Å². The second-order valence-electron chi connectivity index (χ2n) is 7.61. The quantitative estimate of drug-likeness (QED) is 0.658. The van der Waals surface area contributed by atoms with Crippen LogP contribution in [0, 0.1) is 12.8 Å². The number of fused-ring (bicyclic) bond motifs is 1. The van der Waals surface area contributed by atoms with Gasteiger partial charge in [-0.1, -0.05) is 49.8 Å². The molecule has 3 rings (SSSR count). The Balaban J connectivity index is 2.04. The van der Waals surface area contributed by atoms with Crippen molar-refractivity contribution in [3.05, 3.63) is 72.7 Å². The van der Waals surface area contributed by atoms with Crippen LogP contribution in [0.1, 0.15) is 36.8 Å². The molecule has 0 amide bonds. The molecule has 0 atom stereocenters. The lowest BCUT2D eigenvalue weighted by Crippen LogP contribution is -2.38. The van der Waals surface area contributed by atoms with E-state index in [-0.39, 0.29) is 11.2 Å². The summed E-state index contributed by atoms with van der Waals surface area (Å²) in [5.41, 5.74) is 3.24. The van der Waals surface area contributed by atoms with Gasteiger partial charge >= 0.3 is 5.69 Å². The van der Waals surface area contributed by atoms with E-state index in [0.717, 1.165) is 16.1 Å². The average molecular weight is 383 g/mol. The number of allylic oxidation sites excluding steroid dienone is 1. The third kappa shape index (κ3) is 3.98. The summed E-state index contributed by atoms with van der Waals surface area (Å²) >= 11 is 1.55. The van der Waals surface area contributed by atoms with E-state index in [1.165, 1.54) is 21.3 Å². The summed E-state index contributed by atoms with van der Waals surface area (Å²) in [6.45, 7) is 8.98. The van der Waals surface area contributed by atoms with Crippen molar-refractivity contribution in [3.8, 4) is 0 Å². The third-order valence-corrected chi connectivity index (χ3v) is 5.81. The minimum atomic E-state index is -0.234. The predicted molar refractivity (Wildman–Crippen MR) is 115 cm³/mol. The summed E-state index contributed by atoms with van der Waals surface area (Å²) in [5.74, 6) is 0.330. The molecule has 0 unspecified atom stereocenters. The Morgan fingerprint density at radius 1 is 1.22 bits per heavy atom. The summed E-state index contributed by atoms with van der Waals surface area (Å²) in [6, 6.07) is 10.2. The average Bonchev–Trinajstić information content (AvgIpc) is 3.02. The van der Waals surface area contributed by atoms with Gasteiger partial charge in [0.25, 0.3) is 5.56 Å². The fourth-order valence-corrected chi connectivity index (χ4v) is 4.52. The highest BCUT2D eigenvalue weighted by Crippen LogP contribution is 2.26. The van der Waals surface area contributed by atoms with Crippen LogP contribution >= 0.6 is 11.3 Å². The van der Waals surface area contributed by atoms with Gasteiger partial charge in [0.15, 0.2) is 0 Å². The molecule has 3 aromatic rings. The topological polar surface area (TPSA) is 44.0 Å². The molecule has 1 aromatic carbocycles. The highest BCUT2D eigenvalue weighted by Gasteiger charge is 2.15. The molecule has 5 heteroatoms. The highest BCUT2D eigenvalue weighted by molar-refractivity contribution is 7.18. The number of rotatable bonds is 5. The number of hydrogen-bond acceptors (Lipinski definition) is 3. The minimum Gasteiger partial charge on any atom is -0.284 e. The van der Waals surface area contributed by atoms with Gasteiger partial charge in [-0.3, -0.25) is 13.9 Å². The number of nitrogens with zero attached hydrogens (tertiary/aromatic N) is 2. The summed E-state index contributed by atoms with van der Waals surface area (Å²) in [5, 5.41) is 0.640. The third-order valence-electron chi connectivity index (χ3n) is 4.65. The van der Waals surface area contributed by atoms with Gasteiger partial charge in [0, 0.05) is 24.9 Å². The Bertz CT molecular complexity index is 1130. The zero-order chi connectivity index (χ0) is 19.7. The molecular weight excluding hydrogens is 356 g/mol. The first-order chi connectivity index (χ1) is 12.8. The maximum absolute atomic E-state index is 12.6. The van der Waals surface area contributed by atoms with Crippen LogP contribution in [0.3, 0.4) is 0 Å². The number of aromatic nitrogens is 2. The molecule has 2 heterocycles. The molecule has 0 radical (unpaired) electrons. The van der Waals surface area contributed by atoms with Crippen LogP contribution in [0.4, 0.5) is 0 Å². The Morgan fingerprint density at radius 3 is 2.59 bits per heavy atom. The van der Waals surface area contributed by atoms with Crippen molar-refractivity contribution >= 4 is 27.6 Å². The SMILES string of the molecule is C/C(=C\c1ccccc1C)Cc1cc2c(=O)n(C)c(=O)n(CC(C)C)c2s1. The van der Waals surface area contributed by atoms with Gasteiger partial charge in [-0.2, -0.15) is 0 Å². The number of benzene rings is 1. The van der Waals surface area contributed by atoms with E-state index in [0.29, 0.717) is 17.8 Å². The van der Waals surface area contributed by atoms with E-state index in [9.17, 15) is 9.59 Å². The standard InChI is InChI=1S/C22H26N2O2S/c1-14(2)13-24-21-19(20(25)23(5)22(24)26)12-18(27-21)11-15(3)10-17-9-7-6-8-16(17)4/h6-10,12,14H,11,13H2,1-5H3/b15-10+. The van der Waals surface area contributed by atoms with Crippen molar-refractivity contribution < 1.29 is 0 Å². The van der Waals surface area contributed by atoms with Crippen LogP contribution < -0.4 is 11.2 Å². The molecule has 0 aliphatic heterocycles. The fraction of sp³-hybridized carbons (Fsp3) is 0.364. The van der Waals surface area contributed by atoms with Crippen LogP contribution in [0.25, 0.3) is 16.3 Å². The molecule has 0 spiro atoms. The molecular formula is C22H26N2O2S. The molecule has 4 nitrogen and oxygen atoms in total. The molecule has 0 aliphatic rings. The van der Waals surface area contributed by atoms with Crippen molar-refractivity contribution in [2.45, 2.75) is 40.7 Å². The molecule has 0 fully saturated rings. The monoisotopic (exact) mass is 382 g/mol. The number of aryl methyl sites for hydroxylation is 1. The largest absolute Gasteiger partial charge is 0.331 e. The van der Waals surface area contributed by atoms with Gasteiger partial charge in [0.05, 0.1) is 5.39 Å². The maximum Gasteiger partial charge on any atom is 0.331 e. The van der Waals surface area contributed by atoms with Gasteiger partial charge in [0.1, 0.15) is 4.83 Å². The van der Waals surface area contributed by atoms with Crippen LogP contribution in [0.2, 0.25) is 0 Å². The van der Waals surface area contributed by atoms with Crippen LogP contribution in [-0.4, -0.2) is 9.13 Å². The van der Waals surface area contributed by atoms with E-state index in [4.69, 9.17) is 0 Å².